The predicted molar refractivity (Wildman–Crippen MR) is 56.3 cm³/mol. The number of rotatable bonds is 2. The highest BCUT2D eigenvalue weighted by atomic mass is 35.5. The number of carbonyl (C=O) groups excluding carboxylic acids is 2. The zero-order valence-electron chi connectivity index (χ0n) is 9.19. The summed E-state index contributed by atoms with van der Waals surface area (Å²) in [5.41, 5.74) is -3.23. The monoisotopic (exact) mass is 319 g/mol. The van der Waals surface area contributed by atoms with Gasteiger partial charge < -0.3 is 5.32 Å². The molecular formula is C10H4ClF6NO2. The van der Waals surface area contributed by atoms with Crippen molar-refractivity contribution < 1.29 is 35.9 Å². The first-order chi connectivity index (χ1) is 8.93. The molecule has 0 aliphatic heterocycles. The minimum absolute atomic E-state index is 0.194. The Balaban J connectivity index is 3.21. The van der Waals surface area contributed by atoms with Crippen LogP contribution in [-0.4, -0.2) is 17.3 Å². The van der Waals surface area contributed by atoms with E-state index in [0.717, 1.165) is 0 Å². The average molecular weight is 320 g/mol. The molecule has 20 heavy (non-hydrogen) atoms. The first-order valence-electron chi connectivity index (χ1n) is 4.72. The molecule has 1 rings (SSSR count). The largest absolute Gasteiger partial charge is 0.471 e. The van der Waals surface area contributed by atoms with E-state index in [4.69, 9.17) is 11.6 Å². The summed E-state index contributed by atoms with van der Waals surface area (Å²) in [6.07, 6.45) is -10.3. The van der Waals surface area contributed by atoms with Crippen molar-refractivity contribution in [2.75, 3.05) is 5.32 Å². The lowest BCUT2D eigenvalue weighted by atomic mass is 10.1. The number of amides is 1. The number of carbonyl (C=O) groups is 2. The third kappa shape index (κ3) is 3.86. The fourth-order valence-corrected chi connectivity index (χ4v) is 1.39. The van der Waals surface area contributed by atoms with Crippen molar-refractivity contribution in [1.29, 1.82) is 0 Å². The van der Waals surface area contributed by atoms with Gasteiger partial charge in [-0.2, -0.15) is 26.3 Å². The van der Waals surface area contributed by atoms with Gasteiger partial charge in [0.15, 0.2) is 0 Å². The first-order valence-corrected chi connectivity index (χ1v) is 5.10. The quantitative estimate of drug-likeness (QED) is 0.669. The molecule has 0 saturated carbocycles. The molecule has 0 fully saturated rings. The van der Waals surface area contributed by atoms with Crippen LogP contribution < -0.4 is 5.32 Å². The molecule has 0 aromatic heterocycles. The van der Waals surface area contributed by atoms with Gasteiger partial charge in [-0.15, -0.1) is 0 Å². The van der Waals surface area contributed by atoms with Crippen LogP contribution in [-0.2, 0) is 11.0 Å². The molecule has 0 unspecified atom stereocenters. The van der Waals surface area contributed by atoms with Gasteiger partial charge in [-0.1, -0.05) is 0 Å². The highest BCUT2D eigenvalue weighted by molar-refractivity contribution is 6.68. The van der Waals surface area contributed by atoms with Gasteiger partial charge in [0.05, 0.1) is 5.56 Å². The number of alkyl halides is 6. The Hall–Kier alpha value is -1.77. The smallest absolute Gasteiger partial charge is 0.318 e. The molecule has 1 N–H and O–H groups in total. The van der Waals surface area contributed by atoms with Crippen molar-refractivity contribution in [3.8, 4) is 0 Å². The minimum Gasteiger partial charge on any atom is -0.318 e. The van der Waals surface area contributed by atoms with E-state index in [1.807, 2.05) is 0 Å². The normalized spacial score (nSPS) is 12.2. The Kier molecular flexibility index (Phi) is 4.33. The van der Waals surface area contributed by atoms with Gasteiger partial charge in [0.1, 0.15) is 0 Å². The van der Waals surface area contributed by atoms with Crippen LogP contribution >= 0.6 is 11.6 Å². The molecule has 1 aromatic rings. The summed E-state index contributed by atoms with van der Waals surface area (Å²) in [4.78, 5) is 21.4. The lowest BCUT2D eigenvalue weighted by Gasteiger charge is -2.13. The van der Waals surface area contributed by atoms with E-state index in [1.54, 1.807) is 0 Å². The highest BCUT2D eigenvalue weighted by Gasteiger charge is 2.39. The molecule has 0 saturated heterocycles. The summed E-state index contributed by atoms with van der Waals surface area (Å²) in [6, 6.07) is 1.47. The molecule has 3 nitrogen and oxygen atoms in total. The summed E-state index contributed by atoms with van der Waals surface area (Å²) < 4.78 is 73.7. The standard InChI is InChI=1S/C10H4ClF6NO2/c11-7(19)5-2-1-4(3-6(5)9(12,13)14)18-8(20)10(15,16)17/h1-3H,(H,18,20). The third-order valence-electron chi connectivity index (χ3n) is 2.05. The Labute approximate surface area is 112 Å². The molecule has 0 radical (unpaired) electrons. The van der Waals surface area contributed by atoms with Gasteiger partial charge in [0, 0.05) is 11.3 Å². The molecule has 0 aliphatic carbocycles. The molecule has 110 valence electrons. The zero-order chi connectivity index (χ0) is 15.7. The van der Waals surface area contributed by atoms with E-state index in [0.29, 0.717) is 12.1 Å². The Morgan fingerprint density at radius 3 is 2.00 bits per heavy atom. The van der Waals surface area contributed by atoms with E-state index in [2.05, 4.69) is 0 Å². The van der Waals surface area contributed by atoms with Crippen LogP contribution in [0.3, 0.4) is 0 Å². The van der Waals surface area contributed by atoms with Crippen LogP contribution in [0.2, 0.25) is 0 Å². The second kappa shape index (κ2) is 5.31. The molecule has 10 heteroatoms. The third-order valence-corrected chi connectivity index (χ3v) is 2.26. The zero-order valence-corrected chi connectivity index (χ0v) is 9.95. The predicted octanol–water partition coefficient (Wildman–Crippen LogP) is 3.59. The molecule has 0 heterocycles. The minimum atomic E-state index is -5.25. The van der Waals surface area contributed by atoms with E-state index in [9.17, 15) is 35.9 Å². The van der Waals surface area contributed by atoms with Gasteiger partial charge in [-0.3, -0.25) is 9.59 Å². The van der Waals surface area contributed by atoms with Crippen LogP contribution in [0.15, 0.2) is 18.2 Å². The number of hydrogen-bond donors (Lipinski definition) is 1. The molecular weight excluding hydrogens is 316 g/mol. The van der Waals surface area contributed by atoms with E-state index in [1.165, 1.54) is 5.32 Å². The summed E-state index contributed by atoms with van der Waals surface area (Å²) in [5, 5.41) is -0.183. The lowest BCUT2D eigenvalue weighted by molar-refractivity contribution is -0.167. The number of nitrogens with one attached hydrogen (secondary N) is 1. The topological polar surface area (TPSA) is 46.2 Å². The van der Waals surface area contributed by atoms with Gasteiger partial charge >= 0.3 is 18.3 Å². The van der Waals surface area contributed by atoms with E-state index < -0.39 is 40.3 Å². The van der Waals surface area contributed by atoms with Crippen molar-refractivity contribution in [2.45, 2.75) is 12.4 Å². The highest BCUT2D eigenvalue weighted by Crippen LogP contribution is 2.34. The van der Waals surface area contributed by atoms with Crippen molar-refractivity contribution in [2.24, 2.45) is 0 Å². The summed E-state index contributed by atoms with van der Waals surface area (Å²) in [6.45, 7) is 0. The maximum absolute atomic E-state index is 12.6. The van der Waals surface area contributed by atoms with E-state index in [-0.39, 0.29) is 6.07 Å². The van der Waals surface area contributed by atoms with Crippen LogP contribution in [0.5, 0.6) is 0 Å². The SMILES string of the molecule is O=C(Cl)c1ccc(NC(=O)C(F)(F)F)cc1C(F)(F)F. The number of benzene rings is 1. The van der Waals surface area contributed by atoms with Gasteiger partial charge in [0.25, 0.3) is 5.24 Å². The summed E-state index contributed by atoms with van der Waals surface area (Å²) >= 11 is 4.94. The number of hydrogen-bond acceptors (Lipinski definition) is 2. The number of anilines is 1. The average Bonchev–Trinajstić information content (AvgIpc) is 2.26. The molecule has 0 atom stereocenters. The van der Waals surface area contributed by atoms with Crippen LogP contribution in [0.4, 0.5) is 32.0 Å². The Morgan fingerprint density at radius 1 is 1.05 bits per heavy atom. The second-order valence-corrected chi connectivity index (χ2v) is 3.83. The van der Waals surface area contributed by atoms with Crippen molar-refractivity contribution in [3.63, 3.8) is 0 Å². The van der Waals surface area contributed by atoms with Gasteiger partial charge in [0.2, 0.25) is 0 Å². The van der Waals surface area contributed by atoms with Crippen molar-refractivity contribution in [3.05, 3.63) is 29.3 Å². The van der Waals surface area contributed by atoms with Crippen LogP contribution in [0.25, 0.3) is 0 Å². The Morgan fingerprint density at radius 2 is 1.60 bits per heavy atom. The summed E-state index contributed by atoms with van der Waals surface area (Å²) in [7, 11) is 0. The Bertz CT molecular complexity index is 552. The fraction of sp³-hybridized carbons (Fsp3) is 0.200. The fourth-order valence-electron chi connectivity index (χ4n) is 1.23. The van der Waals surface area contributed by atoms with Crippen molar-refractivity contribution in [1.82, 2.24) is 0 Å². The second-order valence-electron chi connectivity index (χ2n) is 3.48. The molecule has 0 bridgehead atoms. The first kappa shape index (κ1) is 16.3. The molecule has 0 spiro atoms. The lowest BCUT2D eigenvalue weighted by Crippen LogP contribution is -2.30. The molecule has 1 aromatic carbocycles. The maximum Gasteiger partial charge on any atom is 0.471 e. The van der Waals surface area contributed by atoms with Crippen LogP contribution in [0, 0.1) is 0 Å². The molecule has 0 aliphatic rings. The van der Waals surface area contributed by atoms with E-state index >= 15 is 0 Å². The maximum atomic E-state index is 12.6. The van der Waals surface area contributed by atoms with Gasteiger partial charge in [-0.25, -0.2) is 0 Å². The van der Waals surface area contributed by atoms with Crippen LogP contribution in [0.1, 0.15) is 15.9 Å². The molecule has 1 amide bonds. The summed E-state index contributed by atoms with van der Waals surface area (Å²) in [5.74, 6) is -2.43. The van der Waals surface area contributed by atoms with Crippen molar-refractivity contribution >= 4 is 28.4 Å². The number of halogens is 7. The van der Waals surface area contributed by atoms with Gasteiger partial charge in [-0.05, 0) is 29.8 Å².